The number of carbonyl (C=O) groups is 2. The molecule has 0 bridgehead atoms. The number of amides is 1. The van der Waals surface area contributed by atoms with Crippen LogP contribution in [0.2, 0.25) is 0 Å². The number of primary amides is 1. The van der Waals surface area contributed by atoms with Gasteiger partial charge < -0.3 is 14.9 Å². The van der Waals surface area contributed by atoms with Gasteiger partial charge >= 0.3 is 0 Å². The first-order valence-corrected chi connectivity index (χ1v) is 13.0. The van der Waals surface area contributed by atoms with Crippen LogP contribution in [0.1, 0.15) is 79.9 Å². The molecular formula is C25H37N5O2S. The summed E-state index contributed by atoms with van der Waals surface area (Å²) in [5, 5.41) is 9.28. The number of carbonyl (C=O) groups excluding carboxylic acids is 2. The Morgan fingerprint density at radius 1 is 1.15 bits per heavy atom. The van der Waals surface area contributed by atoms with Gasteiger partial charge in [-0.15, -0.1) is 10.2 Å². The lowest BCUT2D eigenvalue weighted by Gasteiger charge is -2.15. The first kappa shape index (κ1) is 25.3. The van der Waals surface area contributed by atoms with Gasteiger partial charge in [0.15, 0.2) is 10.9 Å². The van der Waals surface area contributed by atoms with Gasteiger partial charge in [-0.2, -0.15) is 0 Å². The van der Waals surface area contributed by atoms with Gasteiger partial charge in [-0.05, 0) is 57.9 Å². The van der Waals surface area contributed by atoms with Crippen LogP contribution in [0.25, 0.3) is 0 Å². The lowest BCUT2D eigenvalue weighted by molar-refractivity contribution is -0.118. The Hall–Kier alpha value is -2.35. The predicted molar refractivity (Wildman–Crippen MR) is 133 cm³/mol. The number of hydrogen-bond acceptors (Lipinski definition) is 5. The lowest BCUT2D eigenvalue weighted by atomic mass is 9.97. The molecule has 2 aromatic heterocycles. The monoisotopic (exact) mass is 471 g/mol. The molecular weight excluding hydrogens is 434 g/mol. The van der Waals surface area contributed by atoms with E-state index in [2.05, 4.69) is 41.6 Å². The van der Waals surface area contributed by atoms with Crippen molar-refractivity contribution in [1.29, 1.82) is 0 Å². The normalized spacial score (nSPS) is 14.0. The summed E-state index contributed by atoms with van der Waals surface area (Å²) in [7, 11) is 0. The van der Waals surface area contributed by atoms with E-state index in [1.165, 1.54) is 37.4 Å². The molecule has 0 saturated heterocycles. The maximum Gasteiger partial charge on any atom is 0.217 e. The number of hydrogen-bond donors (Lipinski definition) is 1. The van der Waals surface area contributed by atoms with Crippen LogP contribution < -0.4 is 5.73 Å². The number of ketones is 1. The molecule has 2 N–H and O–H groups in total. The average Bonchev–Trinajstić information content (AvgIpc) is 3.28. The van der Waals surface area contributed by atoms with Crippen molar-refractivity contribution < 1.29 is 9.59 Å². The molecule has 2 aromatic rings. The van der Waals surface area contributed by atoms with Gasteiger partial charge in [-0.25, -0.2) is 0 Å². The van der Waals surface area contributed by atoms with Gasteiger partial charge in [0.25, 0.3) is 0 Å². The number of nitrogens with two attached hydrogens (primary N) is 1. The van der Waals surface area contributed by atoms with E-state index in [1.54, 1.807) is 5.57 Å². The van der Waals surface area contributed by atoms with Crippen molar-refractivity contribution in [3.63, 3.8) is 0 Å². The number of aryl methyl sites for hydroxylation is 2. The Kier molecular flexibility index (Phi) is 8.95. The lowest BCUT2D eigenvalue weighted by Crippen LogP contribution is -2.15. The molecule has 180 valence electrons. The Bertz CT molecular complexity index is 1020. The first-order chi connectivity index (χ1) is 15.8. The van der Waals surface area contributed by atoms with E-state index in [-0.39, 0.29) is 18.1 Å². The quantitative estimate of drug-likeness (QED) is 0.276. The van der Waals surface area contributed by atoms with E-state index in [0.717, 1.165) is 47.4 Å². The highest BCUT2D eigenvalue weighted by atomic mass is 32.2. The standard InChI is InChI=1S/C25H37N5O2S/c1-17(2)15-30-24(11-10-23(26)32)27-28-25(30)33-16-22(31)21-14-18(3)29(19(21)4)13-12-20-8-6-5-7-9-20/h8,14,17H,5-7,9-13,15-16H2,1-4H3,(H2,26,32). The summed E-state index contributed by atoms with van der Waals surface area (Å²) in [6.07, 6.45) is 9.16. The molecule has 33 heavy (non-hydrogen) atoms. The molecule has 0 spiro atoms. The topological polar surface area (TPSA) is 95.8 Å². The molecule has 0 radical (unpaired) electrons. The highest BCUT2D eigenvalue weighted by Crippen LogP contribution is 2.25. The minimum Gasteiger partial charge on any atom is -0.370 e. The third-order valence-electron chi connectivity index (χ3n) is 6.18. The Balaban J connectivity index is 1.67. The van der Waals surface area contributed by atoms with Crippen LogP contribution in [0.3, 0.4) is 0 Å². The average molecular weight is 472 g/mol. The third kappa shape index (κ3) is 6.82. The summed E-state index contributed by atoms with van der Waals surface area (Å²) in [6.45, 7) is 10.0. The van der Waals surface area contributed by atoms with E-state index in [1.807, 2.05) is 17.6 Å². The molecule has 0 aliphatic heterocycles. The van der Waals surface area contributed by atoms with Crippen molar-refractivity contribution in [2.24, 2.45) is 11.7 Å². The number of aromatic nitrogens is 4. The molecule has 7 nitrogen and oxygen atoms in total. The highest BCUT2D eigenvalue weighted by Gasteiger charge is 2.19. The Morgan fingerprint density at radius 3 is 2.61 bits per heavy atom. The van der Waals surface area contributed by atoms with E-state index in [0.29, 0.717) is 18.1 Å². The summed E-state index contributed by atoms with van der Waals surface area (Å²) in [5.41, 5.74) is 9.82. The summed E-state index contributed by atoms with van der Waals surface area (Å²) in [6, 6.07) is 2.02. The van der Waals surface area contributed by atoms with Gasteiger partial charge in [0.05, 0.1) is 5.75 Å². The molecule has 0 saturated carbocycles. The first-order valence-electron chi connectivity index (χ1n) is 12.0. The van der Waals surface area contributed by atoms with Crippen molar-refractivity contribution in [3.8, 4) is 0 Å². The Labute approximate surface area is 201 Å². The SMILES string of the molecule is Cc1cc(C(=O)CSc2nnc(CCC(N)=O)n2CC(C)C)c(C)n1CCC1=CCCCC1. The molecule has 1 aliphatic rings. The molecule has 0 aromatic carbocycles. The summed E-state index contributed by atoms with van der Waals surface area (Å²) in [5.74, 6) is 1.19. The molecule has 3 rings (SSSR count). The smallest absolute Gasteiger partial charge is 0.217 e. The highest BCUT2D eigenvalue weighted by molar-refractivity contribution is 7.99. The zero-order chi connectivity index (χ0) is 24.0. The number of thioether (sulfide) groups is 1. The Morgan fingerprint density at radius 2 is 1.94 bits per heavy atom. The fraction of sp³-hybridized carbons (Fsp3) is 0.600. The molecule has 0 atom stereocenters. The van der Waals surface area contributed by atoms with Gasteiger partial charge in [-0.1, -0.05) is 37.3 Å². The van der Waals surface area contributed by atoms with Gasteiger partial charge in [0.1, 0.15) is 5.82 Å². The third-order valence-corrected chi connectivity index (χ3v) is 7.15. The molecule has 1 aliphatic carbocycles. The van der Waals surface area contributed by atoms with Crippen LogP contribution in [0.5, 0.6) is 0 Å². The molecule has 0 fully saturated rings. The minimum absolute atomic E-state index is 0.106. The van der Waals surface area contributed by atoms with Gasteiger partial charge in [0.2, 0.25) is 5.91 Å². The van der Waals surface area contributed by atoms with Crippen molar-refractivity contribution in [1.82, 2.24) is 19.3 Å². The van der Waals surface area contributed by atoms with E-state index >= 15 is 0 Å². The van der Waals surface area contributed by atoms with E-state index in [9.17, 15) is 9.59 Å². The number of rotatable bonds is 12. The van der Waals surface area contributed by atoms with Crippen LogP contribution in [0.4, 0.5) is 0 Å². The number of allylic oxidation sites excluding steroid dienone is 2. The van der Waals surface area contributed by atoms with Crippen LogP contribution in [0.15, 0.2) is 22.9 Å². The van der Waals surface area contributed by atoms with Crippen LogP contribution in [0, 0.1) is 19.8 Å². The number of Topliss-reactive ketones (excluding diaryl/α,β-unsaturated/α-hetero) is 1. The fourth-order valence-corrected chi connectivity index (χ4v) is 5.27. The van der Waals surface area contributed by atoms with Crippen molar-refractivity contribution in [3.05, 3.63) is 40.5 Å². The predicted octanol–water partition coefficient (Wildman–Crippen LogP) is 4.64. The second kappa shape index (κ2) is 11.7. The molecule has 2 heterocycles. The van der Waals surface area contributed by atoms with Crippen molar-refractivity contribution >= 4 is 23.5 Å². The zero-order valence-electron chi connectivity index (χ0n) is 20.4. The second-order valence-corrected chi connectivity index (χ2v) is 10.3. The molecule has 1 amide bonds. The molecule has 0 unspecified atom stereocenters. The van der Waals surface area contributed by atoms with Crippen molar-refractivity contribution in [2.45, 2.75) is 90.9 Å². The van der Waals surface area contributed by atoms with Crippen LogP contribution in [-0.4, -0.2) is 36.8 Å². The van der Waals surface area contributed by atoms with Gasteiger partial charge in [-0.3, -0.25) is 9.59 Å². The summed E-state index contributed by atoms with van der Waals surface area (Å²) in [4.78, 5) is 24.3. The molecule has 8 heteroatoms. The van der Waals surface area contributed by atoms with Crippen molar-refractivity contribution in [2.75, 3.05) is 5.75 Å². The number of nitrogens with zero attached hydrogens (tertiary/aromatic N) is 4. The van der Waals surface area contributed by atoms with Crippen LogP contribution in [-0.2, 0) is 24.3 Å². The minimum atomic E-state index is -0.353. The van der Waals surface area contributed by atoms with E-state index < -0.39 is 0 Å². The fourth-order valence-electron chi connectivity index (χ4n) is 4.42. The zero-order valence-corrected chi connectivity index (χ0v) is 21.2. The second-order valence-electron chi connectivity index (χ2n) is 9.38. The van der Waals surface area contributed by atoms with Gasteiger partial charge in [0, 0.05) is 42.9 Å². The maximum atomic E-state index is 13.1. The summed E-state index contributed by atoms with van der Waals surface area (Å²) < 4.78 is 4.29. The van der Waals surface area contributed by atoms with Crippen LogP contribution >= 0.6 is 11.8 Å². The summed E-state index contributed by atoms with van der Waals surface area (Å²) >= 11 is 1.41. The van der Waals surface area contributed by atoms with E-state index in [4.69, 9.17) is 5.73 Å². The maximum absolute atomic E-state index is 13.1. The largest absolute Gasteiger partial charge is 0.370 e.